The summed E-state index contributed by atoms with van der Waals surface area (Å²) in [6, 6.07) is 0.339. The number of piperidine rings is 1. The van der Waals surface area contributed by atoms with Gasteiger partial charge in [-0.25, -0.2) is 4.79 Å². The van der Waals surface area contributed by atoms with E-state index in [4.69, 9.17) is 0 Å². The van der Waals surface area contributed by atoms with Crippen LogP contribution in [0.1, 0.15) is 32.1 Å². The number of fused-ring (bicyclic) bond motifs is 2. The fraction of sp³-hybridized carbons (Fsp3) is 0.714. The van der Waals surface area contributed by atoms with Gasteiger partial charge in [-0.3, -0.25) is 4.79 Å². The van der Waals surface area contributed by atoms with Gasteiger partial charge in [0.2, 0.25) is 0 Å². The van der Waals surface area contributed by atoms with E-state index in [2.05, 4.69) is 15.9 Å². The van der Waals surface area contributed by atoms with Crippen molar-refractivity contribution in [2.75, 3.05) is 13.1 Å². The summed E-state index contributed by atoms with van der Waals surface area (Å²) in [4.78, 5) is 27.7. The molecule has 2 bridgehead atoms. The molecule has 3 aliphatic rings. The summed E-state index contributed by atoms with van der Waals surface area (Å²) in [7, 11) is 0. The SMILES string of the molecule is O=C(O)C1C[C@H]2CC[C@@H](C1)N2C(=O)N1CC=C(Br)CC1. The smallest absolute Gasteiger partial charge is 0.320 e. The van der Waals surface area contributed by atoms with Crippen LogP contribution in [0.15, 0.2) is 10.6 Å². The molecule has 1 N–H and O–H groups in total. The van der Waals surface area contributed by atoms with Gasteiger partial charge < -0.3 is 14.9 Å². The molecule has 3 rings (SSSR count). The minimum Gasteiger partial charge on any atom is -0.481 e. The quantitative estimate of drug-likeness (QED) is 0.795. The van der Waals surface area contributed by atoms with Gasteiger partial charge in [-0.1, -0.05) is 22.0 Å². The standard InChI is InChI=1S/C14H19BrN2O3/c15-10-3-5-16(6-4-10)14(20)17-11-1-2-12(17)8-9(7-11)13(18)19/h3,9,11-12H,1-2,4-8H2,(H,18,19)/t9?,11-,12+. The molecule has 0 aromatic heterocycles. The lowest BCUT2D eigenvalue weighted by Crippen LogP contribution is -2.53. The maximum absolute atomic E-state index is 12.7. The molecule has 0 saturated carbocycles. The number of carbonyl (C=O) groups is 2. The predicted octanol–water partition coefficient (Wildman–Crippen LogP) is 2.42. The Labute approximate surface area is 126 Å². The van der Waals surface area contributed by atoms with Crippen molar-refractivity contribution in [2.45, 2.75) is 44.2 Å². The van der Waals surface area contributed by atoms with Crippen LogP contribution < -0.4 is 0 Å². The van der Waals surface area contributed by atoms with E-state index in [0.29, 0.717) is 19.4 Å². The zero-order valence-electron chi connectivity index (χ0n) is 11.3. The van der Waals surface area contributed by atoms with Crippen LogP contribution in [0.4, 0.5) is 4.79 Å². The van der Waals surface area contributed by atoms with Crippen LogP contribution in [-0.4, -0.2) is 52.1 Å². The summed E-state index contributed by atoms with van der Waals surface area (Å²) in [5.74, 6) is -0.981. The van der Waals surface area contributed by atoms with Crippen LogP contribution in [-0.2, 0) is 4.79 Å². The molecule has 0 radical (unpaired) electrons. The molecule has 0 aromatic carbocycles. The molecular formula is C14H19BrN2O3. The van der Waals surface area contributed by atoms with Gasteiger partial charge in [-0.2, -0.15) is 0 Å². The average Bonchev–Trinajstić information content (AvgIpc) is 2.68. The molecule has 3 aliphatic heterocycles. The fourth-order valence-electron chi connectivity index (χ4n) is 3.67. The Hall–Kier alpha value is -1.04. The molecule has 2 amide bonds. The molecule has 110 valence electrons. The molecule has 3 heterocycles. The van der Waals surface area contributed by atoms with Crippen LogP contribution in [0, 0.1) is 5.92 Å². The Morgan fingerprint density at radius 3 is 2.40 bits per heavy atom. The molecule has 5 nitrogen and oxygen atoms in total. The number of halogens is 1. The first kappa shape index (κ1) is 13.9. The summed E-state index contributed by atoms with van der Waals surface area (Å²) >= 11 is 3.47. The van der Waals surface area contributed by atoms with E-state index in [1.54, 1.807) is 0 Å². The Kier molecular flexibility index (Phi) is 3.75. The maximum atomic E-state index is 12.7. The number of amides is 2. The van der Waals surface area contributed by atoms with E-state index in [-0.39, 0.29) is 24.0 Å². The number of urea groups is 1. The Balaban J connectivity index is 1.69. The summed E-state index contributed by atoms with van der Waals surface area (Å²) in [5, 5.41) is 9.18. The number of carboxylic acid groups (broad SMARTS) is 1. The second-order valence-electron chi connectivity index (χ2n) is 5.93. The largest absolute Gasteiger partial charge is 0.481 e. The van der Waals surface area contributed by atoms with Gasteiger partial charge in [0.15, 0.2) is 0 Å². The van der Waals surface area contributed by atoms with Crippen LogP contribution in [0.5, 0.6) is 0 Å². The van der Waals surface area contributed by atoms with E-state index < -0.39 is 5.97 Å². The highest BCUT2D eigenvalue weighted by molar-refractivity contribution is 9.11. The van der Waals surface area contributed by atoms with E-state index in [9.17, 15) is 14.7 Å². The predicted molar refractivity (Wildman–Crippen MR) is 77.6 cm³/mol. The van der Waals surface area contributed by atoms with Crippen molar-refractivity contribution >= 4 is 27.9 Å². The van der Waals surface area contributed by atoms with E-state index in [0.717, 1.165) is 30.3 Å². The zero-order chi connectivity index (χ0) is 14.3. The van der Waals surface area contributed by atoms with Crippen LogP contribution >= 0.6 is 15.9 Å². The second kappa shape index (κ2) is 5.39. The second-order valence-corrected chi connectivity index (χ2v) is 6.95. The van der Waals surface area contributed by atoms with Crippen molar-refractivity contribution in [1.82, 2.24) is 9.80 Å². The van der Waals surface area contributed by atoms with Crippen molar-refractivity contribution < 1.29 is 14.7 Å². The topological polar surface area (TPSA) is 60.9 Å². The van der Waals surface area contributed by atoms with Crippen LogP contribution in [0.25, 0.3) is 0 Å². The highest BCUT2D eigenvalue weighted by atomic mass is 79.9. The van der Waals surface area contributed by atoms with E-state index in [1.807, 2.05) is 15.9 Å². The first-order valence-electron chi connectivity index (χ1n) is 7.21. The van der Waals surface area contributed by atoms with Crippen molar-refractivity contribution in [3.05, 3.63) is 10.6 Å². The molecule has 0 aromatic rings. The number of rotatable bonds is 1. The van der Waals surface area contributed by atoms with Crippen molar-refractivity contribution in [3.63, 3.8) is 0 Å². The number of hydrogen-bond donors (Lipinski definition) is 1. The average molecular weight is 343 g/mol. The minimum atomic E-state index is -0.709. The van der Waals surface area contributed by atoms with Gasteiger partial charge in [0.25, 0.3) is 0 Å². The first-order chi connectivity index (χ1) is 9.56. The van der Waals surface area contributed by atoms with Crippen LogP contribution in [0.2, 0.25) is 0 Å². The summed E-state index contributed by atoms with van der Waals surface area (Å²) in [5.41, 5.74) is 0. The van der Waals surface area contributed by atoms with Crippen LogP contribution in [0.3, 0.4) is 0 Å². The molecule has 0 spiro atoms. The lowest BCUT2D eigenvalue weighted by molar-refractivity contribution is -0.144. The third-order valence-corrected chi connectivity index (χ3v) is 5.45. The van der Waals surface area contributed by atoms with Crippen molar-refractivity contribution in [3.8, 4) is 0 Å². The number of carbonyl (C=O) groups excluding carboxylic acids is 1. The molecule has 3 atom stereocenters. The van der Waals surface area contributed by atoms with Gasteiger partial charge in [-0.15, -0.1) is 0 Å². The van der Waals surface area contributed by atoms with Gasteiger partial charge in [0, 0.05) is 25.2 Å². The maximum Gasteiger partial charge on any atom is 0.320 e. The molecule has 2 fully saturated rings. The van der Waals surface area contributed by atoms with Gasteiger partial charge in [0.1, 0.15) is 0 Å². The molecular weight excluding hydrogens is 324 g/mol. The summed E-state index contributed by atoms with van der Waals surface area (Å²) in [6.07, 6.45) is 6.04. The lowest BCUT2D eigenvalue weighted by atomic mass is 9.91. The van der Waals surface area contributed by atoms with Gasteiger partial charge >= 0.3 is 12.0 Å². The van der Waals surface area contributed by atoms with Gasteiger partial charge in [0.05, 0.1) is 5.92 Å². The van der Waals surface area contributed by atoms with Crippen molar-refractivity contribution in [1.29, 1.82) is 0 Å². The monoisotopic (exact) mass is 342 g/mol. The van der Waals surface area contributed by atoms with E-state index in [1.165, 1.54) is 0 Å². The minimum absolute atomic E-state index is 0.0950. The fourth-order valence-corrected chi connectivity index (χ4v) is 3.99. The number of nitrogens with zero attached hydrogens (tertiary/aromatic N) is 2. The number of aliphatic carboxylic acids is 1. The summed E-state index contributed by atoms with van der Waals surface area (Å²) in [6.45, 7) is 1.39. The molecule has 0 aliphatic carbocycles. The van der Waals surface area contributed by atoms with Crippen molar-refractivity contribution in [2.24, 2.45) is 5.92 Å². The summed E-state index contributed by atoms with van der Waals surface area (Å²) < 4.78 is 1.16. The highest BCUT2D eigenvalue weighted by Crippen LogP contribution is 2.39. The molecule has 6 heteroatoms. The lowest BCUT2D eigenvalue weighted by Gasteiger charge is -2.41. The Morgan fingerprint density at radius 2 is 1.90 bits per heavy atom. The first-order valence-corrected chi connectivity index (χ1v) is 8.00. The third-order valence-electron chi connectivity index (χ3n) is 4.73. The van der Waals surface area contributed by atoms with Gasteiger partial charge in [-0.05, 0) is 36.6 Å². The third kappa shape index (κ3) is 2.45. The number of hydrogen-bond acceptors (Lipinski definition) is 2. The zero-order valence-corrected chi connectivity index (χ0v) is 12.9. The van der Waals surface area contributed by atoms with E-state index >= 15 is 0 Å². The Morgan fingerprint density at radius 1 is 1.25 bits per heavy atom. The Bertz CT molecular complexity index is 451. The molecule has 2 saturated heterocycles. The molecule has 20 heavy (non-hydrogen) atoms. The number of carboxylic acids is 1. The highest BCUT2D eigenvalue weighted by Gasteiger charge is 2.46. The molecule has 1 unspecified atom stereocenters. The normalized spacial score (nSPS) is 33.0.